The Kier molecular flexibility index (Phi) is 14.1. The molecule has 1 aliphatic rings. The normalized spacial score (nSPS) is 14.0. The zero-order valence-electron chi connectivity index (χ0n) is 31.9. The summed E-state index contributed by atoms with van der Waals surface area (Å²) in [5.74, 6) is -0.708. The monoisotopic (exact) mass is 792 g/mol. The van der Waals surface area contributed by atoms with Crippen LogP contribution in [0.1, 0.15) is 34.7 Å². The minimum absolute atomic E-state index is 0.0198. The van der Waals surface area contributed by atoms with Crippen molar-refractivity contribution in [1.82, 2.24) is 14.7 Å². The Morgan fingerprint density at radius 3 is 1.98 bits per heavy atom. The van der Waals surface area contributed by atoms with Gasteiger partial charge in [-0.2, -0.15) is 22.0 Å². The molecule has 0 aliphatic carbocycles. The zero-order valence-corrected chi connectivity index (χ0v) is 31.9. The number of hydrogen-bond acceptors (Lipinski definition) is 6. The largest absolute Gasteiger partial charge is 0.497 e. The number of amides is 3. The molecular weight excluding hydrogens is 747 g/mol. The van der Waals surface area contributed by atoms with Crippen molar-refractivity contribution in [2.75, 3.05) is 58.4 Å². The Morgan fingerprint density at radius 1 is 0.789 bits per heavy atom. The second-order valence-corrected chi connectivity index (χ2v) is 13.6. The smallest absolute Gasteiger partial charge is 0.416 e. The first kappa shape index (κ1) is 42.4. The predicted molar refractivity (Wildman–Crippen MR) is 206 cm³/mol. The number of carbonyl (C=O) groups excluding carboxylic acids is 3. The van der Waals surface area contributed by atoms with Gasteiger partial charge in [-0.15, -0.1) is 0 Å². The van der Waals surface area contributed by atoms with Gasteiger partial charge in [-0.3, -0.25) is 14.4 Å². The van der Waals surface area contributed by atoms with Crippen molar-refractivity contribution in [3.8, 4) is 5.75 Å². The van der Waals surface area contributed by atoms with Gasteiger partial charge in [-0.25, -0.2) is 0 Å². The topological polar surface area (TPSA) is 82.6 Å². The lowest BCUT2D eigenvalue weighted by atomic mass is 10.0. The SMILES string of the molecule is COc1ccc(C(F)(F)OCCN(C)C(=O)C(Cc2ccccc2)N(Cc2ccc(N3CCN(C(C)=O)CC3)cc2)C(=O)C=Cc2ccc(C(F)(F)F)cc2)cc1. The molecule has 5 rings (SSSR count). The van der Waals surface area contributed by atoms with E-state index in [4.69, 9.17) is 9.47 Å². The molecular formula is C43H45F5N4O5. The number of likely N-dealkylation sites (N-methyl/N-ethyl adjacent to an activating group) is 1. The van der Waals surface area contributed by atoms with Crippen molar-refractivity contribution in [2.45, 2.75) is 38.2 Å². The lowest BCUT2D eigenvalue weighted by Gasteiger charge is -2.36. The van der Waals surface area contributed by atoms with Crippen LogP contribution in [-0.2, 0) is 44.4 Å². The highest BCUT2D eigenvalue weighted by molar-refractivity contribution is 5.95. The van der Waals surface area contributed by atoms with Gasteiger partial charge in [0.15, 0.2) is 0 Å². The number of methoxy groups -OCH3 is 1. The second kappa shape index (κ2) is 18.9. The Labute approximate surface area is 328 Å². The molecule has 4 aromatic carbocycles. The fourth-order valence-electron chi connectivity index (χ4n) is 6.39. The molecule has 3 amide bonds. The summed E-state index contributed by atoms with van der Waals surface area (Å²) in [6.07, 6.45) is -5.53. The van der Waals surface area contributed by atoms with E-state index in [1.165, 1.54) is 72.5 Å². The van der Waals surface area contributed by atoms with Crippen LogP contribution >= 0.6 is 0 Å². The van der Waals surface area contributed by atoms with E-state index in [-0.39, 0.29) is 31.0 Å². The summed E-state index contributed by atoms with van der Waals surface area (Å²) >= 11 is 0. The molecule has 0 radical (unpaired) electrons. The number of piperazine rings is 1. The van der Waals surface area contributed by atoms with Crippen LogP contribution in [-0.4, -0.2) is 92.0 Å². The van der Waals surface area contributed by atoms with Gasteiger partial charge in [0.2, 0.25) is 17.7 Å². The molecule has 302 valence electrons. The zero-order chi connectivity index (χ0) is 41.2. The van der Waals surface area contributed by atoms with Crippen LogP contribution in [0.15, 0.2) is 109 Å². The van der Waals surface area contributed by atoms with Crippen LogP contribution in [0.5, 0.6) is 5.75 Å². The fraction of sp³-hybridized carbons (Fsp3) is 0.326. The maximum atomic E-state index is 15.0. The molecule has 0 saturated carbocycles. The van der Waals surface area contributed by atoms with Gasteiger partial charge in [0, 0.05) is 71.4 Å². The van der Waals surface area contributed by atoms with E-state index in [1.54, 1.807) is 36.1 Å². The molecule has 0 N–H and O–H groups in total. The fourth-order valence-corrected chi connectivity index (χ4v) is 6.39. The van der Waals surface area contributed by atoms with Gasteiger partial charge in [-0.05, 0) is 71.3 Å². The Morgan fingerprint density at radius 2 is 1.40 bits per heavy atom. The highest BCUT2D eigenvalue weighted by atomic mass is 19.4. The third kappa shape index (κ3) is 11.6. The molecule has 0 aromatic heterocycles. The molecule has 57 heavy (non-hydrogen) atoms. The summed E-state index contributed by atoms with van der Waals surface area (Å²) in [6.45, 7) is 3.23. The summed E-state index contributed by atoms with van der Waals surface area (Å²) in [4.78, 5) is 46.9. The summed E-state index contributed by atoms with van der Waals surface area (Å²) in [7, 11) is 2.86. The Balaban J connectivity index is 1.40. The maximum Gasteiger partial charge on any atom is 0.416 e. The third-order valence-electron chi connectivity index (χ3n) is 9.76. The second-order valence-electron chi connectivity index (χ2n) is 13.6. The molecule has 4 aromatic rings. The highest BCUT2D eigenvalue weighted by Gasteiger charge is 2.35. The lowest BCUT2D eigenvalue weighted by molar-refractivity contribution is -0.249. The van der Waals surface area contributed by atoms with Crippen LogP contribution < -0.4 is 9.64 Å². The van der Waals surface area contributed by atoms with E-state index < -0.39 is 42.3 Å². The first-order chi connectivity index (χ1) is 27.1. The average molecular weight is 793 g/mol. The van der Waals surface area contributed by atoms with Crippen LogP contribution in [0.25, 0.3) is 6.08 Å². The molecule has 9 nitrogen and oxygen atoms in total. The van der Waals surface area contributed by atoms with Crippen LogP contribution in [0.4, 0.5) is 27.6 Å². The van der Waals surface area contributed by atoms with E-state index in [9.17, 15) is 36.3 Å². The van der Waals surface area contributed by atoms with Gasteiger partial charge in [0.1, 0.15) is 11.8 Å². The number of rotatable bonds is 15. The lowest BCUT2D eigenvalue weighted by Crippen LogP contribution is -2.51. The predicted octanol–water partition coefficient (Wildman–Crippen LogP) is 7.26. The summed E-state index contributed by atoms with van der Waals surface area (Å²) in [6, 6.07) is 24.8. The van der Waals surface area contributed by atoms with E-state index in [2.05, 4.69) is 4.90 Å². The van der Waals surface area contributed by atoms with Crippen molar-refractivity contribution < 1.29 is 45.8 Å². The van der Waals surface area contributed by atoms with E-state index in [0.29, 0.717) is 43.1 Å². The first-order valence-corrected chi connectivity index (χ1v) is 18.3. The molecule has 1 saturated heterocycles. The van der Waals surface area contributed by atoms with Crippen LogP contribution in [0.3, 0.4) is 0 Å². The number of benzene rings is 4. The Hall–Kier alpha value is -5.76. The quantitative estimate of drug-likeness (QED) is 0.0932. The summed E-state index contributed by atoms with van der Waals surface area (Å²) in [5, 5.41) is 0. The number of ether oxygens (including phenoxy) is 2. The van der Waals surface area contributed by atoms with Gasteiger partial charge < -0.3 is 29.1 Å². The molecule has 1 atom stereocenters. The third-order valence-corrected chi connectivity index (χ3v) is 9.76. The minimum atomic E-state index is -4.53. The maximum absolute atomic E-state index is 15.0. The summed E-state index contributed by atoms with van der Waals surface area (Å²) in [5.41, 5.74) is 1.46. The summed E-state index contributed by atoms with van der Waals surface area (Å²) < 4.78 is 79.5. The van der Waals surface area contributed by atoms with Gasteiger partial charge in [-0.1, -0.05) is 54.6 Å². The number of nitrogens with zero attached hydrogens (tertiary/aromatic N) is 4. The standard InChI is InChI=1S/C43H45F5N4O5/c1-31(53)50-23-25-51(26-24-50)37-18-11-34(12-19-37)30-52(40(54)22-13-32-9-14-35(15-10-32)42(44,45)46)39(29-33-7-5-4-6-8-33)41(55)49(2)27-28-57-43(47,48)36-16-20-38(56-3)21-17-36/h4-22,39H,23-30H2,1-3H3. The van der Waals surface area contributed by atoms with Crippen molar-refractivity contribution in [3.05, 3.63) is 137 Å². The molecule has 1 aliphatic heterocycles. The van der Waals surface area contributed by atoms with Gasteiger partial charge in [0.05, 0.1) is 24.8 Å². The number of halogens is 5. The van der Waals surface area contributed by atoms with Crippen molar-refractivity contribution in [3.63, 3.8) is 0 Å². The molecule has 0 spiro atoms. The minimum Gasteiger partial charge on any atom is -0.497 e. The molecule has 14 heteroatoms. The highest BCUT2D eigenvalue weighted by Crippen LogP contribution is 2.31. The van der Waals surface area contributed by atoms with E-state index in [1.807, 2.05) is 30.3 Å². The van der Waals surface area contributed by atoms with Crippen LogP contribution in [0, 0.1) is 0 Å². The Bertz CT molecular complexity index is 1970. The molecule has 0 bridgehead atoms. The molecule has 1 unspecified atom stereocenters. The number of alkyl halides is 5. The van der Waals surface area contributed by atoms with Crippen molar-refractivity contribution >= 4 is 29.5 Å². The first-order valence-electron chi connectivity index (χ1n) is 18.3. The molecule has 1 fully saturated rings. The number of hydrogen-bond donors (Lipinski definition) is 0. The number of carbonyl (C=O) groups is 3. The van der Waals surface area contributed by atoms with Gasteiger partial charge in [0.25, 0.3) is 0 Å². The van der Waals surface area contributed by atoms with Crippen molar-refractivity contribution in [1.29, 1.82) is 0 Å². The molecule has 1 heterocycles. The average Bonchev–Trinajstić information content (AvgIpc) is 3.21. The van der Waals surface area contributed by atoms with Crippen molar-refractivity contribution in [2.24, 2.45) is 0 Å². The number of anilines is 1. The van der Waals surface area contributed by atoms with E-state index in [0.717, 1.165) is 23.4 Å². The van der Waals surface area contributed by atoms with Crippen LogP contribution in [0.2, 0.25) is 0 Å². The van der Waals surface area contributed by atoms with Gasteiger partial charge >= 0.3 is 12.3 Å². The van der Waals surface area contributed by atoms with E-state index >= 15 is 0 Å².